The Kier molecular flexibility index (Phi) is 5.02. The summed E-state index contributed by atoms with van der Waals surface area (Å²) < 4.78 is 28.9. The summed E-state index contributed by atoms with van der Waals surface area (Å²) in [6.07, 6.45) is 4.12. The molecule has 6 rings (SSSR count). The highest BCUT2D eigenvalue weighted by molar-refractivity contribution is 5.68. The van der Waals surface area contributed by atoms with Crippen LogP contribution in [-0.2, 0) is 44.6 Å². The number of ether oxygens (including phenoxy) is 5. The maximum absolute atomic E-state index is 6.80. The summed E-state index contributed by atoms with van der Waals surface area (Å²) in [6, 6.07) is 5.83. The molecule has 32 heavy (non-hydrogen) atoms. The van der Waals surface area contributed by atoms with E-state index < -0.39 is 0 Å². The molecule has 4 saturated heterocycles. The second-order valence-electron chi connectivity index (χ2n) is 9.41. The zero-order valence-corrected chi connectivity index (χ0v) is 18.4. The molecule has 4 aliphatic rings. The van der Waals surface area contributed by atoms with Crippen LogP contribution in [0.25, 0.3) is 0 Å². The third-order valence-corrected chi connectivity index (χ3v) is 6.75. The molecule has 7 heteroatoms. The van der Waals surface area contributed by atoms with Gasteiger partial charge in [0.05, 0.1) is 50.8 Å². The van der Waals surface area contributed by atoms with Crippen molar-refractivity contribution >= 4 is 11.4 Å². The van der Waals surface area contributed by atoms with Crippen molar-refractivity contribution in [2.45, 2.75) is 57.0 Å². The van der Waals surface area contributed by atoms with Crippen LogP contribution in [0.15, 0.2) is 18.2 Å². The van der Waals surface area contributed by atoms with Gasteiger partial charge in [-0.2, -0.15) is 0 Å². The average Bonchev–Trinajstić information content (AvgIpc) is 3.61. The number of rotatable bonds is 10. The van der Waals surface area contributed by atoms with Gasteiger partial charge in [0.2, 0.25) is 0 Å². The van der Waals surface area contributed by atoms with Gasteiger partial charge in [-0.3, -0.25) is 0 Å². The topological polar surface area (TPSA) is 111 Å². The molecule has 170 valence electrons. The number of nitrogen functional groups attached to an aromatic ring is 2. The highest BCUT2D eigenvalue weighted by Crippen LogP contribution is 2.44. The van der Waals surface area contributed by atoms with Crippen molar-refractivity contribution in [3.63, 3.8) is 0 Å². The van der Waals surface area contributed by atoms with E-state index in [4.69, 9.17) is 35.2 Å². The fourth-order valence-corrected chi connectivity index (χ4v) is 4.52. The number of nitrogens with two attached hydrogens (primary N) is 2. The van der Waals surface area contributed by atoms with E-state index in [-0.39, 0.29) is 24.4 Å². The van der Waals surface area contributed by atoms with Gasteiger partial charge in [0.1, 0.15) is 11.5 Å². The van der Waals surface area contributed by atoms with Crippen molar-refractivity contribution in [2.24, 2.45) is 0 Å². The number of epoxide rings is 4. The first-order valence-electron chi connectivity index (χ1n) is 11.5. The zero-order valence-electron chi connectivity index (χ0n) is 18.4. The van der Waals surface area contributed by atoms with Crippen LogP contribution in [0.2, 0.25) is 0 Å². The van der Waals surface area contributed by atoms with Gasteiger partial charge in [-0.1, -0.05) is 0 Å². The lowest BCUT2D eigenvalue weighted by Crippen LogP contribution is -2.14. The third kappa shape index (κ3) is 4.43. The second-order valence-corrected chi connectivity index (χ2v) is 9.41. The molecule has 2 aromatic rings. The van der Waals surface area contributed by atoms with Crippen LogP contribution in [-0.4, -0.2) is 50.8 Å². The molecule has 4 aliphatic heterocycles. The third-order valence-electron chi connectivity index (χ3n) is 6.75. The normalized spacial score (nSPS) is 27.3. The second kappa shape index (κ2) is 7.92. The molecule has 0 bridgehead atoms. The Labute approximate surface area is 187 Å². The molecule has 4 atom stereocenters. The van der Waals surface area contributed by atoms with Crippen molar-refractivity contribution < 1.29 is 23.7 Å². The molecule has 4 fully saturated rings. The fraction of sp³-hybridized carbons (Fsp3) is 0.520. The van der Waals surface area contributed by atoms with Gasteiger partial charge in [-0.15, -0.1) is 0 Å². The Bertz CT molecular complexity index is 998. The number of anilines is 2. The number of benzene rings is 2. The fourth-order valence-electron chi connectivity index (χ4n) is 4.52. The Morgan fingerprint density at radius 3 is 1.91 bits per heavy atom. The van der Waals surface area contributed by atoms with Crippen LogP contribution in [0.1, 0.15) is 27.8 Å². The van der Waals surface area contributed by atoms with Crippen LogP contribution in [0, 0.1) is 6.92 Å². The van der Waals surface area contributed by atoms with Crippen LogP contribution in [0.3, 0.4) is 0 Å². The molecule has 4 N–H and O–H groups in total. The van der Waals surface area contributed by atoms with E-state index in [1.165, 1.54) is 16.7 Å². The van der Waals surface area contributed by atoms with Crippen molar-refractivity contribution in [1.82, 2.24) is 0 Å². The minimum absolute atomic E-state index is 0.197. The van der Waals surface area contributed by atoms with E-state index in [1.807, 2.05) is 18.2 Å². The highest BCUT2D eigenvalue weighted by Gasteiger charge is 2.34. The van der Waals surface area contributed by atoms with E-state index in [0.717, 1.165) is 86.1 Å². The molecule has 0 radical (unpaired) electrons. The quantitative estimate of drug-likeness (QED) is 0.433. The molecule has 4 heterocycles. The van der Waals surface area contributed by atoms with Crippen LogP contribution < -0.4 is 16.2 Å². The first-order valence-corrected chi connectivity index (χ1v) is 11.5. The molecule has 0 spiro atoms. The van der Waals surface area contributed by atoms with E-state index in [9.17, 15) is 0 Å². The minimum Gasteiger partial charge on any atom is -0.456 e. The van der Waals surface area contributed by atoms with Crippen LogP contribution in [0.5, 0.6) is 11.5 Å². The minimum atomic E-state index is 0.197. The molecule has 4 unspecified atom stereocenters. The smallest absolute Gasteiger partial charge is 0.136 e. The Hall–Kier alpha value is -2.32. The van der Waals surface area contributed by atoms with Gasteiger partial charge < -0.3 is 35.2 Å². The van der Waals surface area contributed by atoms with E-state index >= 15 is 0 Å². The van der Waals surface area contributed by atoms with Gasteiger partial charge in [0, 0.05) is 48.2 Å². The predicted octanol–water partition coefficient (Wildman–Crippen LogP) is 2.72. The molecule has 0 aliphatic carbocycles. The average molecular weight is 439 g/mol. The molecular weight excluding hydrogens is 408 g/mol. The maximum Gasteiger partial charge on any atom is 0.136 e. The highest BCUT2D eigenvalue weighted by atomic mass is 16.6. The summed E-state index contributed by atoms with van der Waals surface area (Å²) in [5.74, 6) is 1.66. The van der Waals surface area contributed by atoms with Crippen molar-refractivity contribution in [1.29, 1.82) is 0 Å². The van der Waals surface area contributed by atoms with Gasteiger partial charge in [0.15, 0.2) is 0 Å². The van der Waals surface area contributed by atoms with E-state index in [0.29, 0.717) is 0 Å². The lowest BCUT2D eigenvalue weighted by Gasteiger charge is -2.24. The number of hydrogen-bond acceptors (Lipinski definition) is 7. The summed E-state index contributed by atoms with van der Waals surface area (Å²) in [5.41, 5.74) is 20.1. The lowest BCUT2D eigenvalue weighted by molar-refractivity contribution is 0.392. The Morgan fingerprint density at radius 2 is 1.31 bits per heavy atom. The Morgan fingerprint density at radius 1 is 0.781 bits per heavy atom. The zero-order chi connectivity index (χ0) is 21.8. The number of hydrogen-bond donors (Lipinski definition) is 2. The molecule has 0 saturated carbocycles. The maximum atomic E-state index is 6.80. The largest absolute Gasteiger partial charge is 0.456 e. The molecule has 0 aromatic heterocycles. The molecule has 0 amide bonds. The van der Waals surface area contributed by atoms with Gasteiger partial charge in [0.25, 0.3) is 0 Å². The van der Waals surface area contributed by atoms with E-state index in [2.05, 4.69) is 6.92 Å². The van der Waals surface area contributed by atoms with E-state index in [1.54, 1.807) is 0 Å². The summed E-state index contributed by atoms with van der Waals surface area (Å²) in [7, 11) is 0. The standard InChI is InChI=1S/C25H30N2O5/c1-13-20(6-17-10-29-17)24(27)22(8-19-12-31-19)25(21(13)7-18-11-30-18)32-23-3-2-15(26)4-14(23)5-16-9-28-16/h2-4,16-19H,5-12,26-27H2,1H3. The summed E-state index contributed by atoms with van der Waals surface area (Å²) in [4.78, 5) is 0. The van der Waals surface area contributed by atoms with Crippen LogP contribution in [0.4, 0.5) is 11.4 Å². The van der Waals surface area contributed by atoms with Gasteiger partial charge in [-0.25, -0.2) is 0 Å². The van der Waals surface area contributed by atoms with Gasteiger partial charge >= 0.3 is 0 Å². The van der Waals surface area contributed by atoms with Crippen molar-refractivity contribution in [3.8, 4) is 11.5 Å². The van der Waals surface area contributed by atoms with Crippen molar-refractivity contribution in [3.05, 3.63) is 46.0 Å². The van der Waals surface area contributed by atoms with Crippen LogP contribution >= 0.6 is 0 Å². The molecular formula is C25H30N2O5. The predicted molar refractivity (Wildman–Crippen MR) is 120 cm³/mol. The summed E-state index contributed by atoms with van der Waals surface area (Å²) in [5, 5.41) is 0. The molecule has 7 nitrogen and oxygen atoms in total. The SMILES string of the molecule is Cc1c(CC2CO2)c(N)c(CC2CO2)c(Oc2ccc(N)cc2CC2CO2)c1CC1CO1. The monoisotopic (exact) mass is 438 g/mol. The lowest BCUT2D eigenvalue weighted by atomic mass is 9.88. The summed E-state index contributed by atoms with van der Waals surface area (Å²) >= 11 is 0. The molecule has 2 aromatic carbocycles. The van der Waals surface area contributed by atoms with Crippen molar-refractivity contribution in [2.75, 3.05) is 37.9 Å². The Balaban J connectivity index is 1.44. The summed E-state index contributed by atoms with van der Waals surface area (Å²) in [6.45, 7) is 5.29. The van der Waals surface area contributed by atoms with Gasteiger partial charge in [-0.05, 0) is 41.8 Å². The first-order chi connectivity index (χ1) is 15.5. The first kappa shape index (κ1) is 20.3.